The lowest BCUT2D eigenvalue weighted by Gasteiger charge is -2.26. The molecular weight excluding hydrogens is 234 g/mol. The number of rotatable bonds is 2. The number of allylic oxidation sites excluding steroid dienone is 2. The minimum absolute atomic E-state index is 0.0309. The summed E-state index contributed by atoms with van der Waals surface area (Å²) in [4.78, 5) is 11.5. The van der Waals surface area contributed by atoms with Crippen molar-refractivity contribution >= 4 is 6.03 Å². The third-order valence-corrected chi connectivity index (χ3v) is 2.77. The Kier molecular flexibility index (Phi) is 4.97. The first-order chi connectivity index (χ1) is 8.56. The van der Waals surface area contributed by atoms with E-state index in [1.165, 1.54) is 0 Å². The van der Waals surface area contributed by atoms with Gasteiger partial charge in [0.1, 0.15) is 17.8 Å². The monoisotopic (exact) mass is 249 g/mol. The number of urea groups is 1. The summed E-state index contributed by atoms with van der Waals surface area (Å²) < 4.78 is 0. The largest absolute Gasteiger partial charge is 0.393 e. The number of amides is 2. The number of carbonyl (C=O) groups excluding carboxylic acids is 1. The van der Waals surface area contributed by atoms with E-state index in [1.807, 2.05) is 0 Å². The molecule has 0 radical (unpaired) electrons. The number of nitrogens with zero attached hydrogens (tertiary/aromatic N) is 2. The van der Waals surface area contributed by atoms with Gasteiger partial charge < -0.3 is 16.2 Å². The molecule has 18 heavy (non-hydrogen) atoms. The first kappa shape index (κ1) is 13.8. The summed E-state index contributed by atoms with van der Waals surface area (Å²) in [6.07, 6.45) is 2.37. The molecule has 0 aliphatic heterocycles. The van der Waals surface area contributed by atoms with Gasteiger partial charge >= 0.3 is 6.03 Å². The van der Waals surface area contributed by atoms with E-state index in [0.717, 1.165) is 0 Å². The molecule has 5 N–H and O–H groups in total. The smallest absolute Gasteiger partial charge is 0.320 e. The molecule has 1 fully saturated rings. The van der Waals surface area contributed by atoms with Crippen LogP contribution in [0.15, 0.2) is 11.4 Å². The van der Waals surface area contributed by atoms with Crippen molar-refractivity contribution in [3.8, 4) is 12.1 Å². The van der Waals surface area contributed by atoms with Crippen molar-refractivity contribution in [3.05, 3.63) is 11.4 Å². The lowest BCUT2D eigenvalue weighted by molar-refractivity contribution is 0.118. The second kappa shape index (κ2) is 6.48. The van der Waals surface area contributed by atoms with Crippen LogP contribution < -0.4 is 16.4 Å². The Labute approximate surface area is 105 Å². The molecule has 0 atom stereocenters. The van der Waals surface area contributed by atoms with Crippen LogP contribution in [0.2, 0.25) is 0 Å². The Morgan fingerprint density at radius 1 is 1.22 bits per heavy atom. The number of aliphatic hydroxyl groups is 1. The SMILES string of the molecule is N#CC(N)=C(C#N)NC(=O)N[C@H]1CC[C@H](O)CC1. The van der Waals surface area contributed by atoms with Crippen molar-refractivity contribution in [3.63, 3.8) is 0 Å². The number of nitrogens with two attached hydrogens (primary N) is 1. The summed E-state index contributed by atoms with van der Waals surface area (Å²) in [7, 11) is 0. The Balaban J connectivity index is 2.48. The summed E-state index contributed by atoms with van der Waals surface area (Å²) >= 11 is 0. The van der Waals surface area contributed by atoms with Gasteiger partial charge in [0, 0.05) is 6.04 Å². The van der Waals surface area contributed by atoms with Gasteiger partial charge in [-0.1, -0.05) is 0 Å². The molecule has 2 amide bonds. The van der Waals surface area contributed by atoms with Gasteiger partial charge in [-0.25, -0.2) is 4.79 Å². The maximum absolute atomic E-state index is 11.5. The van der Waals surface area contributed by atoms with Gasteiger partial charge in [0.25, 0.3) is 0 Å². The van der Waals surface area contributed by atoms with Gasteiger partial charge in [0.05, 0.1) is 6.10 Å². The highest BCUT2D eigenvalue weighted by Crippen LogP contribution is 2.18. The zero-order valence-corrected chi connectivity index (χ0v) is 9.81. The topological polar surface area (TPSA) is 135 Å². The molecular formula is C11H15N5O2. The molecule has 1 rings (SSSR count). The van der Waals surface area contributed by atoms with Crippen LogP contribution in [-0.2, 0) is 0 Å². The van der Waals surface area contributed by atoms with Gasteiger partial charge in [-0.15, -0.1) is 0 Å². The van der Waals surface area contributed by atoms with Crippen LogP contribution in [0, 0.1) is 22.7 Å². The van der Waals surface area contributed by atoms with Crippen LogP contribution in [0.1, 0.15) is 25.7 Å². The molecule has 7 heteroatoms. The van der Waals surface area contributed by atoms with Crippen LogP contribution in [-0.4, -0.2) is 23.3 Å². The molecule has 0 heterocycles. The molecule has 0 aromatic rings. The molecule has 1 aliphatic rings. The third kappa shape index (κ3) is 3.96. The molecule has 0 saturated heterocycles. The molecule has 0 unspecified atom stereocenters. The Hall–Kier alpha value is -2.25. The molecule has 0 aromatic carbocycles. The fraction of sp³-hybridized carbons (Fsp3) is 0.545. The number of carbonyl (C=O) groups is 1. The summed E-state index contributed by atoms with van der Waals surface area (Å²) in [6.45, 7) is 0. The second-order valence-electron chi connectivity index (χ2n) is 4.12. The highest BCUT2D eigenvalue weighted by molar-refractivity contribution is 5.77. The highest BCUT2D eigenvalue weighted by atomic mass is 16.3. The van der Waals surface area contributed by atoms with E-state index in [1.54, 1.807) is 12.1 Å². The van der Waals surface area contributed by atoms with E-state index in [-0.39, 0.29) is 23.5 Å². The van der Waals surface area contributed by atoms with Crippen LogP contribution in [0.3, 0.4) is 0 Å². The fourth-order valence-electron chi connectivity index (χ4n) is 1.77. The van der Waals surface area contributed by atoms with Crippen LogP contribution in [0.4, 0.5) is 4.79 Å². The minimum Gasteiger partial charge on any atom is -0.393 e. The van der Waals surface area contributed by atoms with E-state index < -0.39 is 6.03 Å². The molecule has 7 nitrogen and oxygen atoms in total. The number of nitrogens with one attached hydrogen (secondary N) is 2. The number of hydrogen-bond donors (Lipinski definition) is 4. The lowest BCUT2D eigenvalue weighted by atomic mass is 9.93. The van der Waals surface area contributed by atoms with E-state index in [0.29, 0.717) is 25.7 Å². The number of hydrogen-bond acceptors (Lipinski definition) is 5. The molecule has 96 valence electrons. The molecule has 1 saturated carbocycles. The molecule has 0 bridgehead atoms. The average molecular weight is 249 g/mol. The summed E-state index contributed by atoms with van der Waals surface area (Å²) in [5, 5.41) is 31.4. The highest BCUT2D eigenvalue weighted by Gasteiger charge is 2.21. The van der Waals surface area contributed by atoms with Crippen LogP contribution in [0.25, 0.3) is 0 Å². The predicted octanol–water partition coefficient (Wildman–Crippen LogP) is -0.193. The van der Waals surface area contributed by atoms with Gasteiger partial charge in [-0.3, -0.25) is 5.32 Å². The predicted molar refractivity (Wildman–Crippen MR) is 62.4 cm³/mol. The van der Waals surface area contributed by atoms with Gasteiger partial charge in [0.2, 0.25) is 0 Å². The maximum atomic E-state index is 11.5. The van der Waals surface area contributed by atoms with Crippen LogP contribution in [0.5, 0.6) is 0 Å². The lowest BCUT2D eigenvalue weighted by Crippen LogP contribution is -2.44. The van der Waals surface area contributed by atoms with Crippen molar-refractivity contribution in [2.45, 2.75) is 37.8 Å². The third-order valence-electron chi connectivity index (χ3n) is 2.77. The first-order valence-corrected chi connectivity index (χ1v) is 5.62. The molecule has 0 aromatic heterocycles. The van der Waals surface area contributed by atoms with Crippen molar-refractivity contribution in [2.24, 2.45) is 5.73 Å². The number of aliphatic hydroxyl groups excluding tert-OH is 1. The van der Waals surface area contributed by atoms with Crippen molar-refractivity contribution in [1.82, 2.24) is 10.6 Å². The van der Waals surface area contributed by atoms with Crippen molar-refractivity contribution in [1.29, 1.82) is 10.5 Å². The zero-order chi connectivity index (χ0) is 13.5. The van der Waals surface area contributed by atoms with E-state index >= 15 is 0 Å². The normalized spacial score (nSPS) is 24.2. The van der Waals surface area contributed by atoms with Gasteiger partial charge in [-0.2, -0.15) is 10.5 Å². The van der Waals surface area contributed by atoms with Crippen LogP contribution >= 0.6 is 0 Å². The molecule has 1 aliphatic carbocycles. The Morgan fingerprint density at radius 3 is 2.33 bits per heavy atom. The summed E-state index contributed by atoms with van der Waals surface area (Å²) in [5.74, 6) is 0. The number of nitriles is 2. The van der Waals surface area contributed by atoms with Crippen molar-refractivity contribution in [2.75, 3.05) is 0 Å². The zero-order valence-electron chi connectivity index (χ0n) is 9.81. The molecule has 0 spiro atoms. The minimum atomic E-state index is -0.564. The fourth-order valence-corrected chi connectivity index (χ4v) is 1.77. The Bertz CT molecular complexity index is 424. The first-order valence-electron chi connectivity index (χ1n) is 5.62. The van der Waals surface area contributed by atoms with E-state index in [9.17, 15) is 9.90 Å². The van der Waals surface area contributed by atoms with Gasteiger partial charge in [0.15, 0.2) is 5.70 Å². The Morgan fingerprint density at radius 2 is 1.83 bits per heavy atom. The average Bonchev–Trinajstić information content (AvgIpc) is 2.37. The quantitative estimate of drug-likeness (QED) is 0.503. The maximum Gasteiger partial charge on any atom is 0.320 e. The second-order valence-corrected chi connectivity index (χ2v) is 4.12. The van der Waals surface area contributed by atoms with Crippen molar-refractivity contribution < 1.29 is 9.90 Å². The van der Waals surface area contributed by atoms with E-state index in [2.05, 4.69) is 10.6 Å². The van der Waals surface area contributed by atoms with Gasteiger partial charge in [-0.05, 0) is 25.7 Å². The van der Waals surface area contributed by atoms with E-state index in [4.69, 9.17) is 16.3 Å². The standard InChI is InChI=1S/C11H15N5O2/c12-5-9(14)10(6-13)16-11(18)15-7-1-3-8(17)4-2-7/h7-8,17H,1-4,14H2,(H2,15,16,18)/t7-,8-. The summed E-state index contributed by atoms with van der Waals surface area (Å²) in [5.41, 5.74) is 4.66. The summed E-state index contributed by atoms with van der Waals surface area (Å²) in [6, 6.07) is 2.64.